The molecule has 0 unspecified atom stereocenters. The summed E-state index contributed by atoms with van der Waals surface area (Å²) in [5.74, 6) is 0.162. The Balaban J connectivity index is 2.10. The first-order chi connectivity index (χ1) is 9.27. The van der Waals surface area contributed by atoms with Gasteiger partial charge in [-0.15, -0.1) is 6.58 Å². The lowest BCUT2D eigenvalue weighted by Crippen LogP contribution is -2.44. The molecule has 0 radical (unpaired) electrons. The average molecular weight is 270 g/mol. The van der Waals surface area contributed by atoms with Crippen LogP contribution >= 0.6 is 0 Å². The van der Waals surface area contributed by atoms with Crippen LogP contribution in [0.15, 0.2) is 12.7 Å². The van der Waals surface area contributed by atoms with Crippen LogP contribution in [0.3, 0.4) is 0 Å². The molecule has 0 bridgehead atoms. The second-order valence-electron chi connectivity index (χ2n) is 4.57. The van der Waals surface area contributed by atoms with Crippen LogP contribution in [0.2, 0.25) is 0 Å². The molecule has 0 aromatic carbocycles. The molecule has 0 aromatic rings. The number of carbonyl (C=O) groups is 1. The first-order valence-corrected chi connectivity index (χ1v) is 7.06. The van der Waals surface area contributed by atoms with Crippen LogP contribution in [0.1, 0.15) is 19.8 Å². The van der Waals surface area contributed by atoms with Gasteiger partial charge in [-0.25, -0.2) is 0 Å². The highest BCUT2D eigenvalue weighted by Gasteiger charge is 2.22. The third-order valence-corrected chi connectivity index (χ3v) is 3.14. The van der Waals surface area contributed by atoms with Gasteiger partial charge in [0.1, 0.15) is 0 Å². The number of hydrogen-bond acceptors (Lipinski definition) is 4. The lowest BCUT2D eigenvalue weighted by atomic mass is 10.1. The summed E-state index contributed by atoms with van der Waals surface area (Å²) in [6.07, 6.45) is 3.86. The average Bonchev–Trinajstić information content (AvgIpc) is 2.44. The van der Waals surface area contributed by atoms with Crippen molar-refractivity contribution in [3.05, 3.63) is 12.7 Å². The topological polar surface area (TPSA) is 50.8 Å². The summed E-state index contributed by atoms with van der Waals surface area (Å²) in [5.41, 5.74) is 0. The van der Waals surface area contributed by atoms with E-state index in [9.17, 15) is 4.79 Å². The highest BCUT2D eigenvalue weighted by Crippen LogP contribution is 2.13. The van der Waals surface area contributed by atoms with Crippen molar-refractivity contribution in [3.63, 3.8) is 0 Å². The van der Waals surface area contributed by atoms with E-state index in [0.29, 0.717) is 26.3 Å². The van der Waals surface area contributed by atoms with Crippen LogP contribution in [-0.4, -0.2) is 62.9 Å². The van der Waals surface area contributed by atoms with Gasteiger partial charge in [0.15, 0.2) is 0 Å². The maximum absolute atomic E-state index is 11.8. The number of carbonyl (C=O) groups excluding carboxylic acids is 1. The molecule has 1 rings (SSSR count). The van der Waals surface area contributed by atoms with Crippen molar-refractivity contribution in [3.8, 4) is 0 Å². The van der Waals surface area contributed by atoms with Gasteiger partial charge in [0.2, 0.25) is 5.91 Å². The number of nitrogens with one attached hydrogen (secondary N) is 1. The van der Waals surface area contributed by atoms with Crippen molar-refractivity contribution in [2.24, 2.45) is 0 Å². The summed E-state index contributed by atoms with van der Waals surface area (Å²) in [6, 6.07) is 0. The van der Waals surface area contributed by atoms with Crippen LogP contribution in [0.25, 0.3) is 0 Å². The smallest absolute Gasteiger partial charge is 0.236 e. The summed E-state index contributed by atoms with van der Waals surface area (Å²) < 4.78 is 11.0. The van der Waals surface area contributed by atoms with E-state index in [1.807, 2.05) is 11.8 Å². The number of ether oxygens (including phenoxy) is 2. The van der Waals surface area contributed by atoms with Gasteiger partial charge in [-0.05, 0) is 19.8 Å². The third-order valence-electron chi connectivity index (χ3n) is 3.14. The van der Waals surface area contributed by atoms with Gasteiger partial charge in [-0.3, -0.25) is 4.79 Å². The Bertz CT molecular complexity index is 263. The zero-order valence-corrected chi connectivity index (χ0v) is 11.9. The van der Waals surface area contributed by atoms with Crippen LogP contribution < -0.4 is 5.32 Å². The van der Waals surface area contributed by atoms with E-state index >= 15 is 0 Å². The molecule has 5 nitrogen and oxygen atoms in total. The molecule has 110 valence electrons. The van der Waals surface area contributed by atoms with E-state index in [2.05, 4.69) is 11.9 Å². The number of hydrogen-bond donors (Lipinski definition) is 1. The van der Waals surface area contributed by atoms with Gasteiger partial charge < -0.3 is 19.7 Å². The summed E-state index contributed by atoms with van der Waals surface area (Å²) in [7, 11) is 0. The van der Waals surface area contributed by atoms with Crippen molar-refractivity contribution >= 4 is 5.91 Å². The van der Waals surface area contributed by atoms with Crippen molar-refractivity contribution in [1.82, 2.24) is 10.2 Å². The van der Waals surface area contributed by atoms with Gasteiger partial charge in [-0.1, -0.05) is 6.08 Å². The van der Waals surface area contributed by atoms with Crippen molar-refractivity contribution < 1.29 is 14.3 Å². The zero-order chi connectivity index (χ0) is 13.9. The molecule has 1 amide bonds. The van der Waals surface area contributed by atoms with Crippen molar-refractivity contribution in [2.45, 2.75) is 25.9 Å². The molecule has 19 heavy (non-hydrogen) atoms. The number of piperidine rings is 1. The molecule has 1 aliphatic heterocycles. The van der Waals surface area contributed by atoms with E-state index in [-0.39, 0.29) is 12.0 Å². The number of likely N-dealkylation sites (tertiary alicyclic amines) is 1. The summed E-state index contributed by atoms with van der Waals surface area (Å²) in [5, 5.41) is 3.03. The predicted molar refractivity (Wildman–Crippen MR) is 75.1 cm³/mol. The van der Waals surface area contributed by atoms with Crippen molar-refractivity contribution in [1.29, 1.82) is 0 Å². The minimum absolute atomic E-state index is 0.162. The molecule has 1 saturated heterocycles. The fraction of sp³-hybridized carbons (Fsp3) is 0.786. The lowest BCUT2D eigenvalue weighted by Gasteiger charge is -2.32. The first kappa shape index (κ1) is 16.1. The molecule has 0 aliphatic carbocycles. The van der Waals surface area contributed by atoms with Crippen LogP contribution in [0, 0.1) is 0 Å². The minimum atomic E-state index is 0.162. The van der Waals surface area contributed by atoms with Gasteiger partial charge in [0.05, 0.1) is 25.9 Å². The molecule has 0 aromatic heterocycles. The van der Waals surface area contributed by atoms with Crippen LogP contribution in [-0.2, 0) is 14.3 Å². The Kier molecular flexibility index (Phi) is 8.45. The maximum Gasteiger partial charge on any atom is 0.236 e. The molecule has 1 fully saturated rings. The molecular weight excluding hydrogens is 244 g/mol. The Morgan fingerprint density at radius 1 is 1.42 bits per heavy atom. The van der Waals surface area contributed by atoms with E-state index in [1.54, 1.807) is 6.08 Å². The number of nitrogens with zero attached hydrogens (tertiary/aromatic N) is 1. The molecule has 1 heterocycles. The SMILES string of the molecule is C=CCNCC(=O)N1CCC(OCCOCC)CC1. The van der Waals surface area contributed by atoms with Gasteiger partial charge in [0.25, 0.3) is 0 Å². The fourth-order valence-electron chi connectivity index (χ4n) is 2.08. The van der Waals surface area contributed by atoms with Crippen molar-refractivity contribution in [2.75, 3.05) is 46.0 Å². The molecule has 0 atom stereocenters. The van der Waals surface area contributed by atoms with E-state index in [1.165, 1.54) is 0 Å². The van der Waals surface area contributed by atoms with Gasteiger partial charge in [-0.2, -0.15) is 0 Å². The lowest BCUT2D eigenvalue weighted by molar-refractivity contribution is -0.133. The first-order valence-electron chi connectivity index (χ1n) is 7.06. The highest BCUT2D eigenvalue weighted by molar-refractivity contribution is 5.78. The van der Waals surface area contributed by atoms with Crippen LogP contribution in [0.4, 0.5) is 0 Å². The van der Waals surface area contributed by atoms with Crippen LogP contribution in [0.5, 0.6) is 0 Å². The maximum atomic E-state index is 11.8. The Hall–Kier alpha value is -0.910. The van der Waals surface area contributed by atoms with Gasteiger partial charge in [0, 0.05) is 26.2 Å². The predicted octanol–water partition coefficient (Wildman–Crippen LogP) is 0.806. The summed E-state index contributed by atoms with van der Waals surface area (Å²) in [4.78, 5) is 13.7. The minimum Gasteiger partial charge on any atom is -0.379 e. The standard InChI is InChI=1S/C14H26N2O3/c1-3-7-15-12-14(17)16-8-5-13(6-9-16)19-11-10-18-4-2/h3,13,15H,1,4-12H2,2H3. The quantitative estimate of drug-likeness (QED) is 0.497. The van der Waals surface area contributed by atoms with E-state index in [0.717, 1.165) is 32.5 Å². The Labute approximate surface area is 115 Å². The number of rotatable bonds is 9. The molecule has 0 saturated carbocycles. The fourth-order valence-corrected chi connectivity index (χ4v) is 2.08. The largest absolute Gasteiger partial charge is 0.379 e. The third kappa shape index (κ3) is 6.71. The monoisotopic (exact) mass is 270 g/mol. The highest BCUT2D eigenvalue weighted by atomic mass is 16.5. The number of amides is 1. The summed E-state index contributed by atoms with van der Waals surface area (Å²) >= 11 is 0. The molecule has 1 aliphatic rings. The molecule has 0 spiro atoms. The normalized spacial score (nSPS) is 16.6. The van der Waals surface area contributed by atoms with E-state index in [4.69, 9.17) is 9.47 Å². The van der Waals surface area contributed by atoms with Gasteiger partial charge >= 0.3 is 0 Å². The summed E-state index contributed by atoms with van der Waals surface area (Å²) in [6.45, 7) is 10.2. The molecule has 5 heteroatoms. The molecular formula is C14H26N2O3. The molecule has 1 N–H and O–H groups in total. The van der Waals surface area contributed by atoms with E-state index < -0.39 is 0 Å². The Morgan fingerprint density at radius 3 is 2.79 bits per heavy atom. The second kappa shape index (κ2) is 9.95. The zero-order valence-electron chi connectivity index (χ0n) is 11.9. The Morgan fingerprint density at radius 2 is 2.16 bits per heavy atom. The second-order valence-corrected chi connectivity index (χ2v) is 4.57.